The van der Waals surface area contributed by atoms with Gasteiger partial charge < -0.3 is 9.80 Å². The smallest absolute Gasteiger partial charge is 0.354 e. The van der Waals surface area contributed by atoms with Gasteiger partial charge in [-0.1, -0.05) is 0 Å². The van der Waals surface area contributed by atoms with Crippen molar-refractivity contribution in [3.05, 3.63) is 46.3 Å². The normalized spacial score (nSPS) is 18.0. The number of carbonyl (C=O) groups is 1. The van der Waals surface area contributed by atoms with E-state index in [0.717, 1.165) is 24.5 Å². The largest absolute Gasteiger partial charge is 0.419 e. The predicted molar refractivity (Wildman–Crippen MR) is 95.3 cm³/mol. The molecule has 8 heteroatoms. The van der Waals surface area contributed by atoms with Gasteiger partial charge in [-0.2, -0.15) is 24.5 Å². The van der Waals surface area contributed by atoms with Gasteiger partial charge in [0.2, 0.25) is 5.91 Å². The van der Waals surface area contributed by atoms with Crippen LogP contribution in [0.25, 0.3) is 0 Å². The van der Waals surface area contributed by atoms with E-state index in [0.29, 0.717) is 19.5 Å². The summed E-state index contributed by atoms with van der Waals surface area (Å²) in [5.41, 5.74) is 0.226. The summed E-state index contributed by atoms with van der Waals surface area (Å²) in [7, 11) is 1.62. The van der Waals surface area contributed by atoms with Crippen LogP contribution in [-0.4, -0.2) is 42.0 Å². The van der Waals surface area contributed by atoms with Gasteiger partial charge in [-0.05, 0) is 47.4 Å². The van der Waals surface area contributed by atoms with Crippen LogP contribution in [0.3, 0.4) is 0 Å². The van der Waals surface area contributed by atoms with E-state index in [9.17, 15) is 18.0 Å². The van der Waals surface area contributed by atoms with Crippen molar-refractivity contribution in [3.8, 4) is 0 Å². The van der Waals surface area contributed by atoms with Crippen LogP contribution in [0.1, 0.15) is 24.0 Å². The fraction of sp³-hybridized carbons (Fsp3) is 0.444. The lowest BCUT2D eigenvalue weighted by Crippen LogP contribution is -2.49. The zero-order chi connectivity index (χ0) is 18.7. The minimum absolute atomic E-state index is 0.0126. The molecule has 2 aromatic rings. The second kappa shape index (κ2) is 7.65. The highest BCUT2D eigenvalue weighted by atomic mass is 32.1. The first-order valence-corrected chi connectivity index (χ1v) is 9.34. The minimum atomic E-state index is -4.46. The van der Waals surface area contributed by atoms with Crippen LogP contribution in [0.4, 0.5) is 19.0 Å². The zero-order valence-electron chi connectivity index (χ0n) is 14.4. The number of halogens is 3. The van der Waals surface area contributed by atoms with E-state index in [1.807, 2.05) is 16.8 Å². The molecule has 3 heterocycles. The molecule has 4 nitrogen and oxygen atoms in total. The Hall–Kier alpha value is -2.09. The molecule has 1 unspecified atom stereocenters. The second-order valence-corrected chi connectivity index (χ2v) is 7.21. The molecule has 1 atom stereocenters. The highest BCUT2D eigenvalue weighted by Gasteiger charge is 2.37. The van der Waals surface area contributed by atoms with Crippen LogP contribution in [-0.2, 0) is 17.4 Å². The molecule has 140 valence electrons. The van der Waals surface area contributed by atoms with Crippen molar-refractivity contribution >= 4 is 23.1 Å². The van der Waals surface area contributed by atoms with Crippen molar-refractivity contribution in [2.45, 2.75) is 31.5 Å². The number of aromatic nitrogens is 1. The van der Waals surface area contributed by atoms with E-state index >= 15 is 0 Å². The maximum atomic E-state index is 13.3. The molecule has 0 radical (unpaired) electrons. The molecule has 2 aromatic heterocycles. The first-order valence-electron chi connectivity index (χ1n) is 8.40. The summed E-state index contributed by atoms with van der Waals surface area (Å²) in [6.45, 7) is 1.05. The minimum Gasteiger partial charge on any atom is -0.354 e. The van der Waals surface area contributed by atoms with Crippen molar-refractivity contribution in [2.75, 3.05) is 25.0 Å². The quantitative estimate of drug-likeness (QED) is 0.805. The van der Waals surface area contributed by atoms with Crippen LogP contribution >= 0.6 is 11.3 Å². The summed E-state index contributed by atoms with van der Waals surface area (Å²) >= 11 is 1.54. The van der Waals surface area contributed by atoms with Gasteiger partial charge in [0.25, 0.3) is 0 Å². The number of likely N-dealkylation sites (tertiary alicyclic amines) is 1. The van der Waals surface area contributed by atoms with Gasteiger partial charge in [0.1, 0.15) is 5.82 Å². The van der Waals surface area contributed by atoms with E-state index in [-0.39, 0.29) is 17.8 Å². The summed E-state index contributed by atoms with van der Waals surface area (Å²) in [6, 6.07) is 4.06. The third-order valence-corrected chi connectivity index (χ3v) is 5.39. The monoisotopic (exact) mass is 383 g/mol. The van der Waals surface area contributed by atoms with Crippen LogP contribution in [0.2, 0.25) is 0 Å². The molecule has 0 bridgehead atoms. The summed E-state index contributed by atoms with van der Waals surface area (Å²) in [4.78, 5) is 19.8. The summed E-state index contributed by atoms with van der Waals surface area (Å²) in [6.07, 6.45) is -1.27. The first-order chi connectivity index (χ1) is 12.4. The van der Waals surface area contributed by atoms with E-state index in [1.54, 1.807) is 28.2 Å². The second-order valence-electron chi connectivity index (χ2n) is 6.43. The van der Waals surface area contributed by atoms with Crippen LogP contribution in [0.5, 0.6) is 0 Å². The Morgan fingerprint density at radius 2 is 2.23 bits per heavy atom. The Bertz CT molecular complexity index is 748. The number of hydrogen-bond acceptors (Lipinski definition) is 4. The van der Waals surface area contributed by atoms with E-state index in [1.165, 1.54) is 12.3 Å². The number of carbonyl (C=O) groups excluding carboxylic acids is 1. The lowest BCUT2D eigenvalue weighted by Gasteiger charge is -2.38. The van der Waals surface area contributed by atoms with Crippen molar-refractivity contribution in [1.29, 1.82) is 0 Å². The average Bonchev–Trinajstić information content (AvgIpc) is 3.13. The van der Waals surface area contributed by atoms with Crippen molar-refractivity contribution in [2.24, 2.45) is 0 Å². The van der Waals surface area contributed by atoms with Gasteiger partial charge in [-0.25, -0.2) is 4.98 Å². The number of alkyl halides is 3. The van der Waals surface area contributed by atoms with Crippen LogP contribution in [0, 0.1) is 0 Å². The summed E-state index contributed by atoms with van der Waals surface area (Å²) in [5, 5.41) is 3.87. The number of nitrogens with zero attached hydrogens (tertiary/aromatic N) is 3. The van der Waals surface area contributed by atoms with Gasteiger partial charge in [-0.3, -0.25) is 4.79 Å². The van der Waals surface area contributed by atoms with Gasteiger partial charge in [0.15, 0.2) is 0 Å². The third kappa shape index (κ3) is 4.17. The van der Waals surface area contributed by atoms with Gasteiger partial charge >= 0.3 is 6.18 Å². The SMILES string of the molecule is CN(c1ncccc1C(F)(F)F)C1CCCN(C(=O)Cc2ccsc2)C1. The third-order valence-electron chi connectivity index (χ3n) is 4.66. The molecule has 0 aliphatic carbocycles. The highest BCUT2D eigenvalue weighted by molar-refractivity contribution is 7.08. The van der Waals surface area contributed by atoms with Gasteiger partial charge in [0, 0.05) is 32.4 Å². The average molecular weight is 383 g/mol. The van der Waals surface area contributed by atoms with E-state index in [4.69, 9.17) is 0 Å². The lowest BCUT2D eigenvalue weighted by atomic mass is 10.0. The number of likely N-dealkylation sites (N-methyl/N-ethyl adjacent to an activating group) is 1. The van der Waals surface area contributed by atoms with E-state index < -0.39 is 11.7 Å². The lowest BCUT2D eigenvalue weighted by molar-refractivity contribution is -0.137. The van der Waals surface area contributed by atoms with Gasteiger partial charge in [-0.15, -0.1) is 0 Å². The van der Waals surface area contributed by atoms with Crippen molar-refractivity contribution < 1.29 is 18.0 Å². The topological polar surface area (TPSA) is 36.4 Å². The molecule has 0 spiro atoms. The fourth-order valence-electron chi connectivity index (χ4n) is 3.25. The number of piperidine rings is 1. The first kappa shape index (κ1) is 18.7. The molecular weight excluding hydrogens is 363 g/mol. The maximum absolute atomic E-state index is 13.3. The Morgan fingerprint density at radius 3 is 2.92 bits per heavy atom. The molecule has 1 saturated heterocycles. The molecule has 1 aliphatic rings. The molecule has 3 rings (SSSR count). The Kier molecular flexibility index (Phi) is 5.50. The van der Waals surface area contributed by atoms with Crippen molar-refractivity contribution in [1.82, 2.24) is 9.88 Å². The number of pyridine rings is 1. The molecule has 0 aromatic carbocycles. The standard InChI is InChI=1S/C18H20F3N3OS/c1-23(17-15(18(19,20)21)5-2-7-22-17)14-4-3-8-24(11-14)16(25)10-13-6-9-26-12-13/h2,5-7,9,12,14H,3-4,8,10-11H2,1H3. The Morgan fingerprint density at radius 1 is 1.42 bits per heavy atom. The fourth-order valence-corrected chi connectivity index (χ4v) is 3.92. The van der Waals surface area contributed by atoms with Crippen LogP contribution < -0.4 is 4.90 Å². The Labute approximate surface area is 154 Å². The number of thiophene rings is 1. The molecule has 26 heavy (non-hydrogen) atoms. The molecule has 1 fully saturated rings. The molecule has 1 amide bonds. The summed E-state index contributed by atoms with van der Waals surface area (Å²) in [5.74, 6) is -0.0734. The predicted octanol–water partition coefficient (Wildman–Crippen LogP) is 3.83. The van der Waals surface area contributed by atoms with Crippen LogP contribution in [0.15, 0.2) is 35.2 Å². The molecule has 0 saturated carbocycles. The summed E-state index contributed by atoms with van der Waals surface area (Å²) < 4.78 is 39.8. The maximum Gasteiger partial charge on any atom is 0.419 e. The van der Waals surface area contributed by atoms with Gasteiger partial charge in [0.05, 0.1) is 12.0 Å². The Balaban J connectivity index is 1.72. The van der Waals surface area contributed by atoms with Crippen molar-refractivity contribution in [3.63, 3.8) is 0 Å². The zero-order valence-corrected chi connectivity index (χ0v) is 15.2. The van der Waals surface area contributed by atoms with E-state index in [2.05, 4.69) is 4.98 Å². The number of anilines is 1. The number of rotatable bonds is 4. The number of hydrogen-bond donors (Lipinski definition) is 0. The molecular formula is C18H20F3N3OS. The highest BCUT2D eigenvalue weighted by Crippen LogP contribution is 2.36. The number of amides is 1. The molecule has 0 N–H and O–H groups in total. The molecule has 1 aliphatic heterocycles.